The van der Waals surface area contributed by atoms with Crippen LogP contribution in [-0.4, -0.2) is 66.1 Å². The summed E-state index contributed by atoms with van der Waals surface area (Å²) in [7, 11) is 1.61. The van der Waals surface area contributed by atoms with E-state index >= 15 is 0 Å². The van der Waals surface area contributed by atoms with E-state index in [1.54, 1.807) is 7.05 Å². The third kappa shape index (κ3) is 3.86. The first-order chi connectivity index (χ1) is 8.06. The summed E-state index contributed by atoms with van der Waals surface area (Å²) in [6.45, 7) is 0.581. The van der Waals surface area contributed by atoms with Crippen LogP contribution in [0.2, 0.25) is 0 Å². The Balaban J connectivity index is 2.47. The van der Waals surface area contributed by atoms with E-state index in [0.29, 0.717) is 13.2 Å². The van der Waals surface area contributed by atoms with Crippen molar-refractivity contribution in [2.75, 3.05) is 26.9 Å². The topological polar surface area (TPSA) is 99.1 Å². The smallest absolute Gasteiger partial charge is 0.328 e. The van der Waals surface area contributed by atoms with E-state index in [0.717, 1.165) is 12.8 Å². The minimum absolute atomic E-state index is 0.0527. The number of aliphatic hydroxyl groups is 1. The number of amides is 2. The lowest BCUT2D eigenvalue weighted by Crippen LogP contribution is -2.52. The Morgan fingerprint density at radius 3 is 2.53 bits per heavy atom. The fraction of sp³-hybridized carbons (Fsp3) is 0.800. The number of carboxylic acids is 1. The molecule has 0 aromatic heterocycles. The van der Waals surface area contributed by atoms with Crippen LogP contribution in [0, 0.1) is 0 Å². The molecule has 17 heavy (non-hydrogen) atoms. The van der Waals surface area contributed by atoms with Crippen molar-refractivity contribution in [3.8, 4) is 0 Å². The number of ether oxygens (including phenoxy) is 1. The molecule has 2 amide bonds. The highest BCUT2D eigenvalue weighted by Gasteiger charge is 2.26. The number of aliphatic hydroxyl groups excluding tert-OH is 1. The Hall–Kier alpha value is -1.34. The van der Waals surface area contributed by atoms with E-state index in [-0.39, 0.29) is 6.04 Å². The minimum Gasteiger partial charge on any atom is -0.480 e. The largest absolute Gasteiger partial charge is 0.480 e. The third-order valence-electron chi connectivity index (χ3n) is 2.84. The average molecular weight is 246 g/mol. The van der Waals surface area contributed by atoms with Gasteiger partial charge in [0.1, 0.15) is 0 Å². The van der Waals surface area contributed by atoms with E-state index in [9.17, 15) is 9.59 Å². The average Bonchev–Trinajstić information content (AvgIpc) is 2.35. The summed E-state index contributed by atoms with van der Waals surface area (Å²) in [4.78, 5) is 23.8. The molecule has 1 aliphatic heterocycles. The molecule has 7 heteroatoms. The van der Waals surface area contributed by atoms with Gasteiger partial charge in [-0.2, -0.15) is 0 Å². The van der Waals surface area contributed by atoms with Crippen LogP contribution < -0.4 is 5.32 Å². The van der Waals surface area contributed by atoms with Gasteiger partial charge in [0.15, 0.2) is 6.04 Å². The standard InChI is InChI=1S/C10H18N2O5/c1-12(7-2-4-17-5-3-7)10(16)11-8(6-13)9(14)15/h7-8,13H,2-6H2,1H3,(H,11,16)(H,14,15). The molecule has 0 aliphatic carbocycles. The van der Waals surface area contributed by atoms with Gasteiger partial charge in [-0.05, 0) is 12.8 Å². The summed E-state index contributed by atoms with van der Waals surface area (Å²) < 4.78 is 5.18. The van der Waals surface area contributed by atoms with Crippen LogP contribution in [0.25, 0.3) is 0 Å². The molecule has 0 spiro atoms. The molecule has 98 valence electrons. The quantitative estimate of drug-likeness (QED) is 0.606. The molecule has 3 N–H and O–H groups in total. The lowest BCUT2D eigenvalue weighted by Gasteiger charge is -2.31. The van der Waals surface area contributed by atoms with Crippen molar-refractivity contribution in [1.29, 1.82) is 0 Å². The maximum atomic E-state index is 11.7. The van der Waals surface area contributed by atoms with Crippen LogP contribution in [-0.2, 0) is 9.53 Å². The first-order valence-electron chi connectivity index (χ1n) is 5.51. The number of carbonyl (C=O) groups excluding carboxylic acids is 1. The number of carbonyl (C=O) groups is 2. The van der Waals surface area contributed by atoms with Gasteiger partial charge in [0.25, 0.3) is 0 Å². The molecule has 0 aromatic carbocycles. The molecule has 0 bridgehead atoms. The maximum absolute atomic E-state index is 11.7. The number of hydrogen-bond acceptors (Lipinski definition) is 4. The first kappa shape index (κ1) is 13.7. The van der Waals surface area contributed by atoms with Gasteiger partial charge >= 0.3 is 12.0 Å². The van der Waals surface area contributed by atoms with Gasteiger partial charge in [0, 0.05) is 26.3 Å². The summed E-state index contributed by atoms with van der Waals surface area (Å²) >= 11 is 0. The van der Waals surface area contributed by atoms with E-state index in [1.807, 2.05) is 0 Å². The Morgan fingerprint density at radius 2 is 2.06 bits per heavy atom. The molecule has 1 fully saturated rings. The van der Waals surface area contributed by atoms with Crippen LogP contribution in [0.15, 0.2) is 0 Å². The van der Waals surface area contributed by atoms with Gasteiger partial charge in [-0.3, -0.25) is 0 Å². The van der Waals surface area contributed by atoms with Gasteiger partial charge in [0.05, 0.1) is 6.61 Å². The van der Waals surface area contributed by atoms with Crippen molar-refractivity contribution in [2.45, 2.75) is 24.9 Å². The maximum Gasteiger partial charge on any atom is 0.328 e. The lowest BCUT2D eigenvalue weighted by atomic mass is 10.1. The molecule has 1 aliphatic rings. The van der Waals surface area contributed by atoms with Crippen LogP contribution in [0.5, 0.6) is 0 Å². The second-order valence-corrected chi connectivity index (χ2v) is 3.98. The highest BCUT2D eigenvalue weighted by Crippen LogP contribution is 2.12. The van der Waals surface area contributed by atoms with E-state index in [4.69, 9.17) is 14.9 Å². The molecule has 1 atom stereocenters. The first-order valence-corrected chi connectivity index (χ1v) is 5.51. The van der Waals surface area contributed by atoms with Crippen LogP contribution in [0.4, 0.5) is 4.79 Å². The fourth-order valence-electron chi connectivity index (χ4n) is 1.67. The molecular formula is C10H18N2O5. The minimum atomic E-state index is -1.26. The Kier molecular flexibility index (Phi) is 5.17. The second kappa shape index (κ2) is 6.41. The van der Waals surface area contributed by atoms with Crippen molar-refractivity contribution < 1.29 is 24.5 Å². The second-order valence-electron chi connectivity index (χ2n) is 3.98. The molecule has 7 nitrogen and oxygen atoms in total. The molecular weight excluding hydrogens is 228 g/mol. The SMILES string of the molecule is CN(C(=O)NC(CO)C(=O)O)C1CCOCC1. The number of carboxylic acid groups (broad SMARTS) is 1. The summed E-state index contributed by atoms with van der Waals surface area (Å²) in [6.07, 6.45) is 1.47. The van der Waals surface area contributed by atoms with Gasteiger partial charge in [0.2, 0.25) is 0 Å². The van der Waals surface area contributed by atoms with E-state index in [2.05, 4.69) is 5.32 Å². The monoisotopic (exact) mass is 246 g/mol. The number of rotatable bonds is 4. The lowest BCUT2D eigenvalue weighted by molar-refractivity contribution is -0.140. The van der Waals surface area contributed by atoms with E-state index in [1.165, 1.54) is 4.90 Å². The zero-order valence-corrected chi connectivity index (χ0v) is 9.76. The summed E-state index contributed by atoms with van der Waals surface area (Å²) in [6, 6.07) is -1.69. The fourth-order valence-corrected chi connectivity index (χ4v) is 1.67. The Bertz CT molecular complexity index is 278. The summed E-state index contributed by atoms with van der Waals surface area (Å²) in [5, 5.41) is 19.8. The molecule has 1 heterocycles. The van der Waals surface area contributed by atoms with Crippen molar-refractivity contribution in [3.63, 3.8) is 0 Å². The van der Waals surface area contributed by atoms with E-state index < -0.39 is 24.6 Å². The summed E-state index contributed by atoms with van der Waals surface area (Å²) in [5.74, 6) is -1.25. The highest BCUT2D eigenvalue weighted by molar-refractivity contribution is 5.82. The number of nitrogens with zero attached hydrogens (tertiary/aromatic N) is 1. The van der Waals surface area contributed by atoms with Crippen molar-refractivity contribution in [2.24, 2.45) is 0 Å². The van der Waals surface area contributed by atoms with Crippen LogP contribution in [0.3, 0.4) is 0 Å². The normalized spacial score (nSPS) is 18.5. The Labute approximate surface area is 99.4 Å². The number of urea groups is 1. The zero-order valence-electron chi connectivity index (χ0n) is 9.76. The Morgan fingerprint density at radius 1 is 1.47 bits per heavy atom. The number of aliphatic carboxylic acids is 1. The zero-order chi connectivity index (χ0) is 12.8. The van der Waals surface area contributed by atoms with Gasteiger partial charge in [-0.1, -0.05) is 0 Å². The van der Waals surface area contributed by atoms with Crippen molar-refractivity contribution in [1.82, 2.24) is 10.2 Å². The van der Waals surface area contributed by atoms with Gasteiger partial charge < -0.3 is 25.2 Å². The molecule has 1 unspecified atom stereocenters. The summed E-state index contributed by atoms with van der Waals surface area (Å²) in [5.41, 5.74) is 0. The molecule has 0 radical (unpaired) electrons. The van der Waals surface area contributed by atoms with Gasteiger partial charge in [-0.15, -0.1) is 0 Å². The molecule has 1 saturated heterocycles. The number of nitrogens with one attached hydrogen (secondary N) is 1. The molecule has 0 saturated carbocycles. The molecule has 1 rings (SSSR count). The predicted octanol–water partition coefficient (Wildman–Crippen LogP) is -0.748. The van der Waals surface area contributed by atoms with Crippen molar-refractivity contribution in [3.05, 3.63) is 0 Å². The predicted molar refractivity (Wildman–Crippen MR) is 58.6 cm³/mol. The van der Waals surface area contributed by atoms with Crippen LogP contribution in [0.1, 0.15) is 12.8 Å². The highest BCUT2D eigenvalue weighted by atomic mass is 16.5. The number of hydrogen-bond donors (Lipinski definition) is 3. The third-order valence-corrected chi connectivity index (χ3v) is 2.84. The van der Waals surface area contributed by atoms with Gasteiger partial charge in [-0.25, -0.2) is 9.59 Å². The van der Waals surface area contributed by atoms with Crippen LogP contribution >= 0.6 is 0 Å². The molecule has 0 aromatic rings. The van der Waals surface area contributed by atoms with Crippen molar-refractivity contribution >= 4 is 12.0 Å².